The quantitative estimate of drug-likeness (QED) is 0.205. The fraction of sp³-hybridized carbons (Fsp3) is 1.00. The number of likely N-dealkylation sites (N-methyl/N-ethyl adjacent to an activating group) is 1. The van der Waals surface area contributed by atoms with Crippen molar-refractivity contribution in [3.8, 4) is 0 Å². The van der Waals surface area contributed by atoms with Crippen LogP contribution in [0.1, 0.15) is 84.5 Å². The van der Waals surface area contributed by atoms with E-state index in [1.54, 1.807) is 0 Å². The molecule has 6 heteroatoms. The van der Waals surface area contributed by atoms with Gasteiger partial charge in [0, 0.05) is 0 Å². The molecule has 5 nitrogen and oxygen atoms in total. The molecule has 0 N–H and O–H groups in total. The van der Waals surface area contributed by atoms with E-state index in [1.807, 2.05) is 21.1 Å². The molecule has 0 aromatic carbocycles. The maximum Gasteiger partial charge on any atom is 0.268 e. The highest BCUT2D eigenvalue weighted by Crippen LogP contribution is 2.41. The molecule has 0 aliphatic heterocycles. The Morgan fingerprint density at radius 1 is 0.880 bits per heavy atom. The molecule has 25 heavy (non-hydrogen) atoms. The first-order valence-electron chi connectivity index (χ1n) is 10.1. The summed E-state index contributed by atoms with van der Waals surface area (Å²) in [5, 5.41) is 0. The Kier molecular flexibility index (Phi) is 14.2. The minimum atomic E-state index is -4.20. The van der Waals surface area contributed by atoms with Crippen molar-refractivity contribution in [3.63, 3.8) is 0 Å². The summed E-state index contributed by atoms with van der Waals surface area (Å²) in [7, 11) is 1.81. The standard InChI is InChI=1S/C19H42NO4P/c1-6-8-9-10-11-12-13-14-16-19(15-7-2)24-25(21,22)23-18-17-20(3,4)5/h19H,6-18H2,1-5H3. The number of hydrogen-bond acceptors (Lipinski definition) is 4. The monoisotopic (exact) mass is 379 g/mol. The highest BCUT2D eigenvalue weighted by molar-refractivity contribution is 7.45. The first kappa shape index (κ1) is 25.1. The molecule has 0 aromatic heterocycles. The van der Waals surface area contributed by atoms with Crippen LogP contribution in [-0.4, -0.2) is 44.9 Å². The van der Waals surface area contributed by atoms with Gasteiger partial charge in [0.1, 0.15) is 13.2 Å². The first-order chi connectivity index (χ1) is 11.7. The van der Waals surface area contributed by atoms with E-state index in [-0.39, 0.29) is 12.7 Å². The summed E-state index contributed by atoms with van der Waals surface area (Å²) in [6, 6.07) is 0. The van der Waals surface area contributed by atoms with Crippen LogP contribution in [-0.2, 0) is 13.6 Å². The number of hydrogen-bond donors (Lipinski definition) is 0. The molecule has 2 unspecified atom stereocenters. The van der Waals surface area contributed by atoms with E-state index in [1.165, 1.54) is 38.5 Å². The van der Waals surface area contributed by atoms with E-state index in [0.29, 0.717) is 11.0 Å². The third kappa shape index (κ3) is 17.3. The van der Waals surface area contributed by atoms with Crippen LogP contribution in [0.25, 0.3) is 0 Å². The van der Waals surface area contributed by atoms with Crippen LogP contribution in [0.2, 0.25) is 0 Å². The van der Waals surface area contributed by atoms with E-state index >= 15 is 0 Å². The van der Waals surface area contributed by atoms with Crippen LogP contribution in [0.5, 0.6) is 0 Å². The zero-order chi connectivity index (χ0) is 19.2. The largest absolute Gasteiger partial charge is 0.756 e. The first-order valence-corrected chi connectivity index (χ1v) is 11.6. The minimum absolute atomic E-state index is 0.168. The van der Waals surface area contributed by atoms with Gasteiger partial charge in [-0.2, -0.15) is 0 Å². The van der Waals surface area contributed by atoms with Gasteiger partial charge in [-0.25, -0.2) is 0 Å². The molecule has 0 rings (SSSR count). The van der Waals surface area contributed by atoms with Gasteiger partial charge in [0.25, 0.3) is 7.82 Å². The summed E-state index contributed by atoms with van der Waals surface area (Å²) in [5.74, 6) is 0. The Labute approximate surface area is 156 Å². The zero-order valence-corrected chi connectivity index (χ0v) is 18.2. The van der Waals surface area contributed by atoms with Gasteiger partial charge in [0.15, 0.2) is 0 Å². The second kappa shape index (κ2) is 14.2. The molecule has 0 heterocycles. The van der Waals surface area contributed by atoms with Crippen LogP contribution in [0.15, 0.2) is 0 Å². The number of phosphoric ester groups is 1. The summed E-state index contributed by atoms with van der Waals surface area (Å²) in [5.41, 5.74) is 0. The molecule has 0 saturated heterocycles. The van der Waals surface area contributed by atoms with E-state index < -0.39 is 7.82 Å². The Bertz CT molecular complexity index is 358. The lowest BCUT2D eigenvalue weighted by atomic mass is 10.0. The fourth-order valence-corrected chi connectivity index (χ4v) is 3.66. The van der Waals surface area contributed by atoms with Crippen LogP contribution < -0.4 is 4.89 Å². The van der Waals surface area contributed by atoms with Gasteiger partial charge in [0.05, 0.1) is 27.2 Å². The molecule has 0 aliphatic carbocycles. The van der Waals surface area contributed by atoms with Crippen molar-refractivity contribution in [2.24, 2.45) is 0 Å². The normalized spacial score (nSPS) is 15.9. The highest BCUT2D eigenvalue weighted by Gasteiger charge is 2.19. The summed E-state index contributed by atoms with van der Waals surface area (Å²) >= 11 is 0. The van der Waals surface area contributed by atoms with Crippen LogP contribution in [0.3, 0.4) is 0 Å². The van der Waals surface area contributed by atoms with Gasteiger partial charge in [-0.05, 0) is 12.8 Å². The molecule has 0 fully saturated rings. The number of quaternary nitrogens is 1. The molecule has 0 bridgehead atoms. The number of phosphoric acid groups is 1. The topological polar surface area (TPSA) is 58.6 Å². The third-order valence-electron chi connectivity index (χ3n) is 4.28. The van der Waals surface area contributed by atoms with Crippen molar-refractivity contribution in [2.45, 2.75) is 90.6 Å². The number of unbranched alkanes of at least 4 members (excludes halogenated alkanes) is 7. The molecule has 152 valence electrons. The maximum atomic E-state index is 12.0. The maximum absolute atomic E-state index is 12.0. The third-order valence-corrected chi connectivity index (χ3v) is 5.34. The molecule has 0 amide bonds. The molecular formula is C19H42NO4P. The molecule has 0 aromatic rings. The van der Waals surface area contributed by atoms with Crippen LogP contribution >= 0.6 is 7.82 Å². The Morgan fingerprint density at radius 3 is 1.96 bits per heavy atom. The van der Waals surface area contributed by atoms with Crippen LogP contribution in [0, 0.1) is 0 Å². The Morgan fingerprint density at radius 2 is 1.44 bits per heavy atom. The van der Waals surface area contributed by atoms with E-state index in [0.717, 1.165) is 32.1 Å². The molecule has 0 radical (unpaired) electrons. The molecule has 2 atom stereocenters. The smallest absolute Gasteiger partial charge is 0.268 e. The summed E-state index contributed by atoms with van der Waals surface area (Å²) in [6.07, 6.45) is 12.2. The van der Waals surface area contributed by atoms with Crippen molar-refractivity contribution >= 4 is 7.82 Å². The Balaban J connectivity index is 4.00. The number of nitrogens with zero attached hydrogens (tertiary/aromatic N) is 1. The lowest BCUT2D eigenvalue weighted by Crippen LogP contribution is -2.37. The second-order valence-electron chi connectivity index (χ2n) is 8.07. The lowest BCUT2D eigenvalue weighted by Gasteiger charge is -2.30. The SMILES string of the molecule is CCCCCCCCCCC(CCC)OP(=O)([O-])OCC[N+](C)(C)C. The fourth-order valence-electron chi connectivity index (χ4n) is 2.72. The summed E-state index contributed by atoms with van der Waals surface area (Å²) in [4.78, 5) is 12.0. The van der Waals surface area contributed by atoms with E-state index in [4.69, 9.17) is 9.05 Å². The van der Waals surface area contributed by atoms with Gasteiger partial charge in [-0.15, -0.1) is 0 Å². The van der Waals surface area contributed by atoms with Gasteiger partial charge >= 0.3 is 0 Å². The lowest BCUT2D eigenvalue weighted by molar-refractivity contribution is -0.870. The van der Waals surface area contributed by atoms with E-state index in [2.05, 4.69) is 13.8 Å². The van der Waals surface area contributed by atoms with E-state index in [9.17, 15) is 9.46 Å². The molecule has 0 aliphatic rings. The van der Waals surface area contributed by atoms with Gasteiger partial charge in [-0.3, -0.25) is 4.57 Å². The predicted molar refractivity (Wildman–Crippen MR) is 103 cm³/mol. The van der Waals surface area contributed by atoms with Crippen molar-refractivity contribution in [1.82, 2.24) is 0 Å². The minimum Gasteiger partial charge on any atom is -0.756 e. The Hall–Kier alpha value is 0.0700. The molecule has 0 saturated carbocycles. The van der Waals surface area contributed by atoms with Crippen molar-refractivity contribution < 1.29 is 23.0 Å². The predicted octanol–water partition coefficient (Wildman–Crippen LogP) is 4.89. The average molecular weight is 380 g/mol. The molecular weight excluding hydrogens is 337 g/mol. The van der Waals surface area contributed by atoms with Crippen molar-refractivity contribution in [3.05, 3.63) is 0 Å². The van der Waals surface area contributed by atoms with Crippen molar-refractivity contribution in [1.29, 1.82) is 0 Å². The van der Waals surface area contributed by atoms with Crippen molar-refractivity contribution in [2.75, 3.05) is 34.3 Å². The molecule has 0 spiro atoms. The van der Waals surface area contributed by atoms with Gasteiger partial charge < -0.3 is 18.4 Å². The summed E-state index contributed by atoms with van der Waals surface area (Å²) in [6.45, 7) is 5.08. The number of rotatable bonds is 17. The van der Waals surface area contributed by atoms with Gasteiger partial charge in [0.2, 0.25) is 0 Å². The van der Waals surface area contributed by atoms with Gasteiger partial charge in [-0.1, -0.05) is 71.6 Å². The highest BCUT2D eigenvalue weighted by atomic mass is 31.2. The summed E-state index contributed by atoms with van der Waals surface area (Å²) < 4.78 is 23.0. The second-order valence-corrected chi connectivity index (χ2v) is 9.44. The zero-order valence-electron chi connectivity index (χ0n) is 17.3. The van der Waals surface area contributed by atoms with Crippen LogP contribution in [0.4, 0.5) is 0 Å². The average Bonchev–Trinajstić information content (AvgIpc) is 2.48.